The fourth-order valence-corrected chi connectivity index (χ4v) is 4.39. The minimum atomic E-state index is 0.239. The van der Waals surface area contributed by atoms with Gasteiger partial charge in [0.1, 0.15) is 5.82 Å². The van der Waals surface area contributed by atoms with E-state index in [-0.39, 0.29) is 5.91 Å². The lowest BCUT2D eigenvalue weighted by Gasteiger charge is -2.33. The first-order valence-electron chi connectivity index (χ1n) is 10.5. The Morgan fingerprint density at radius 2 is 2.00 bits per heavy atom. The first-order chi connectivity index (χ1) is 13.8. The number of aromatic nitrogens is 4. The van der Waals surface area contributed by atoms with Crippen molar-refractivity contribution in [2.75, 3.05) is 13.1 Å². The molecule has 1 aliphatic heterocycles. The maximum atomic E-state index is 12.9. The largest absolute Gasteiger partial charge is 0.342 e. The van der Waals surface area contributed by atoms with Crippen LogP contribution < -0.4 is 0 Å². The molecular weight excluding hydrogens is 350 g/mol. The summed E-state index contributed by atoms with van der Waals surface area (Å²) < 4.78 is 4.41. The van der Waals surface area contributed by atoms with Crippen LogP contribution in [0.1, 0.15) is 43.8 Å². The fourth-order valence-electron chi connectivity index (χ4n) is 4.39. The monoisotopic (exact) mass is 377 g/mol. The first-order valence-corrected chi connectivity index (χ1v) is 10.5. The van der Waals surface area contributed by atoms with Crippen molar-refractivity contribution in [2.45, 2.75) is 51.1 Å². The van der Waals surface area contributed by atoms with Gasteiger partial charge < -0.3 is 14.0 Å². The molecule has 6 heteroatoms. The summed E-state index contributed by atoms with van der Waals surface area (Å²) in [6.07, 6.45) is 11.3. The van der Waals surface area contributed by atoms with Crippen molar-refractivity contribution in [3.05, 3.63) is 48.8 Å². The lowest BCUT2D eigenvalue weighted by atomic mass is 9.96. The number of imidazole rings is 2. The number of aryl methyl sites for hydroxylation is 1. The number of carbonyl (C=O) groups excluding carboxylic acids is 1. The molecule has 1 amide bonds. The smallest absolute Gasteiger partial charge is 0.224 e. The molecular formula is C22H27N5O. The molecule has 28 heavy (non-hydrogen) atoms. The number of benzene rings is 1. The van der Waals surface area contributed by atoms with E-state index in [1.54, 1.807) is 0 Å². The van der Waals surface area contributed by atoms with Gasteiger partial charge in [-0.3, -0.25) is 4.79 Å². The highest BCUT2D eigenvalue weighted by molar-refractivity contribution is 5.77. The standard InChI is InChI=1S/C22H27N5O/c28-21(9-12-27-16-24-19-5-1-2-6-20(19)27)25-11-3-4-18(15-25)22-23-10-13-26(22)14-17-7-8-17/h1-2,5-6,10,13,16-18H,3-4,7-9,11-12,14-15H2/t18-/m0/s1. The van der Waals surface area contributed by atoms with Crippen molar-refractivity contribution in [3.8, 4) is 0 Å². The maximum absolute atomic E-state index is 12.9. The molecule has 1 atom stereocenters. The van der Waals surface area contributed by atoms with Crippen LogP contribution in [0, 0.1) is 5.92 Å². The van der Waals surface area contributed by atoms with Crippen molar-refractivity contribution >= 4 is 16.9 Å². The van der Waals surface area contributed by atoms with Gasteiger partial charge in [0.25, 0.3) is 0 Å². The van der Waals surface area contributed by atoms with Gasteiger partial charge in [-0.2, -0.15) is 0 Å². The lowest BCUT2D eigenvalue weighted by Crippen LogP contribution is -2.40. The quantitative estimate of drug-likeness (QED) is 0.661. The van der Waals surface area contributed by atoms with Crippen LogP contribution in [0.3, 0.4) is 0 Å². The van der Waals surface area contributed by atoms with Gasteiger partial charge in [0.05, 0.1) is 17.4 Å². The minimum Gasteiger partial charge on any atom is -0.342 e. The molecule has 0 N–H and O–H groups in total. The number of likely N-dealkylation sites (tertiary alicyclic amines) is 1. The van der Waals surface area contributed by atoms with Crippen molar-refractivity contribution in [3.63, 3.8) is 0 Å². The third-order valence-electron chi connectivity index (χ3n) is 6.13. The second kappa shape index (κ2) is 7.41. The molecule has 2 aliphatic rings. The topological polar surface area (TPSA) is 56.0 Å². The van der Waals surface area contributed by atoms with E-state index in [4.69, 9.17) is 0 Å². The number of hydrogen-bond acceptors (Lipinski definition) is 3. The number of nitrogens with zero attached hydrogens (tertiary/aromatic N) is 5. The van der Waals surface area contributed by atoms with Crippen LogP contribution in [0.2, 0.25) is 0 Å². The van der Waals surface area contributed by atoms with Crippen LogP contribution in [0.25, 0.3) is 11.0 Å². The summed E-state index contributed by atoms with van der Waals surface area (Å²) in [5.41, 5.74) is 2.07. The predicted molar refractivity (Wildman–Crippen MR) is 108 cm³/mol. The van der Waals surface area contributed by atoms with Gasteiger partial charge in [-0.05, 0) is 43.7 Å². The van der Waals surface area contributed by atoms with E-state index < -0.39 is 0 Å². The predicted octanol–water partition coefficient (Wildman–Crippen LogP) is 3.44. The first kappa shape index (κ1) is 17.5. The molecule has 5 rings (SSSR count). The van der Waals surface area contributed by atoms with E-state index >= 15 is 0 Å². The lowest BCUT2D eigenvalue weighted by molar-refractivity contribution is -0.132. The summed E-state index contributed by atoms with van der Waals surface area (Å²) in [4.78, 5) is 24.0. The molecule has 0 bridgehead atoms. The number of fused-ring (bicyclic) bond motifs is 1. The summed E-state index contributed by atoms with van der Waals surface area (Å²) in [7, 11) is 0. The Kier molecular flexibility index (Phi) is 4.63. The highest BCUT2D eigenvalue weighted by Gasteiger charge is 2.29. The van der Waals surface area contributed by atoms with E-state index in [1.165, 1.54) is 18.7 Å². The highest BCUT2D eigenvalue weighted by atomic mass is 16.2. The van der Waals surface area contributed by atoms with Gasteiger partial charge in [0.2, 0.25) is 5.91 Å². The van der Waals surface area contributed by atoms with E-state index in [2.05, 4.69) is 31.4 Å². The molecule has 1 aliphatic carbocycles. The van der Waals surface area contributed by atoms with Gasteiger partial charge in [-0.1, -0.05) is 12.1 Å². The normalized spacial score (nSPS) is 20.0. The molecule has 2 fully saturated rings. The van der Waals surface area contributed by atoms with Crippen molar-refractivity contribution in [1.29, 1.82) is 0 Å². The summed E-state index contributed by atoms with van der Waals surface area (Å²) in [5.74, 6) is 2.60. The number of carbonyl (C=O) groups is 1. The van der Waals surface area contributed by atoms with Gasteiger partial charge in [-0.25, -0.2) is 9.97 Å². The number of para-hydroxylation sites is 2. The Labute approximate surface area is 165 Å². The average molecular weight is 377 g/mol. The van der Waals surface area contributed by atoms with Gasteiger partial charge in [0, 0.05) is 50.9 Å². The Bertz CT molecular complexity index is 970. The molecule has 146 valence electrons. The van der Waals surface area contributed by atoms with Crippen LogP contribution in [-0.2, 0) is 17.9 Å². The zero-order valence-corrected chi connectivity index (χ0v) is 16.2. The summed E-state index contributed by atoms with van der Waals surface area (Å²) in [6, 6.07) is 8.07. The van der Waals surface area contributed by atoms with Crippen LogP contribution >= 0.6 is 0 Å². The molecule has 0 spiro atoms. The maximum Gasteiger partial charge on any atom is 0.224 e. The number of rotatable bonds is 6. The second-order valence-corrected chi connectivity index (χ2v) is 8.24. The zero-order chi connectivity index (χ0) is 18.9. The number of hydrogen-bond donors (Lipinski definition) is 0. The van der Waals surface area contributed by atoms with Crippen molar-refractivity contribution in [2.24, 2.45) is 5.92 Å². The molecule has 2 aromatic heterocycles. The highest BCUT2D eigenvalue weighted by Crippen LogP contribution is 2.33. The second-order valence-electron chi connectivity index (χ2n) is 8.24. The minimum absolute atomic E-state index is 0.239. The van der Waals surface area contributed by atoms with Crippen LogP contribution in [-0.4, -0.2) is 43.0 Å². The van der Waals surface area contributed by atoms with E-state index in [0.717, 1.165) is 49.4 Å². The van der Waals surface area contributed by atoms with Crippen molar-refractivity contribution in [1.82, 2.24) is 24.0 Å². The average Bonchev–Trinajstić information content (AvgIpc) is 3.26. The van der Waals surface area contributed by atoms with Crippen LogP contribution in [0.15, 0.2) is 43.0 Å². The number of piperidine rings is 1. The van der Waals surface area contributed by atoms with Gasteiger partial charge in [0.15, 0.2) is 0 Å². The Morgan fingerprint density at radius 1 is 1.11 bits per heavy atom. The Balaban J connectivity index is 1.22. The van der Waals surface area contributed by atoms with E-state index in [0.29, 0.717) is 18.9 Å². The Hall–Kier alpha value is -2.63. The summed E-state index contributed by atoms with van der Waals surface area (Å²) >= 11 is 0. The SMILES string of the molecule is O=C(CCn1cnc2ccccc21)N1CCC[C@H](c2nccn2CC2CC2)C1. The molecule has 3 heterocycles. The molecule has 1 saturated heterocycles. The fraction of sp³-hybridized carbons (Fsp3) is 0.500. The molecule has 1 saturated carbocycles. The molecule has 3 aromatic rings. The third kappa shape index (κ3) is 3.55. The molecule has 0 unspecified atom stereocenters. The van der Waals surface area contributed by atoms with Crippen LogP contribution in [0.5, 0.6) is 0 Å². The molecule has 6 nitrogen and oxygen atoms in total. The summed E-state index contributed by atoms with van der Waals surface area (Å²) in [6.45, 7) is 3.43. The number of amides is 1. The van der Waals surface area contributed by atoms with Gasteiger partial charge in [-0.15, -0.1) is 0 Å². The zero-order valence-electron chi connectivity index (χ0n) is 16.2. The third-order valence-corrected chi connectivity index (χ3v) is 6.13. The molecule has 0 radical (unpaired) electrons. The Morgan fingerprint density at radius 3 is 2.89 bits per heavy atom. The van der Waals surface area contributed by atoms with E-state index in [9.17, 15) is 4.79 Å². The molecule has 1 aromatic carbocycles. The van der Waals surface area contributed by atoms with E-state index in [1.807, 2.05) is 35.6 Å². The summed E-state index contributed by atoms with van der Waals surface area (Å²) in [5, 5.41) is 0. The van der Waals surface area contributed by atoms with Crippen LogP contribution in [0.4, 0.5) is 0 Å². The van der Waals surface area contributed by atoms with Gasteiger partial charge >= 0.3 is 0 Å². The van der Waals surface area contributed by atoms with Crippen molar-refractivity contribution < 1.29 is 4.79 Å².